The highest BCUT2D eigenvalue weighted by atomic mass is 16.3. The van der Waals surface area contributed by atoms with E-state index in [4.69, 9.17) is 0 Å². The summed E-state index contributed by atoms with van der Waals surface area (Å²) in [6.07, 6.45) is -0.577. The lowest BCUT2D eigenvalue weighted by Crippen LogP contribution is -2.21. The van der Waals surface area contributed by atoms with Gasteiger partial charge in [-0.2, -0.15) is 0 Å². The van der Waals surface area contributed by atoms with E-state index >= 15 is 0 Å². The topological polar surface area (TPSA) is 52.5 Å². The van der Waals surface area contributed by atoms with Crippen LogP contribution in [-0.2, 0) is 6.54 Å². The molecule has 1 unspecified atom stereocenters. The monoisotopic (exact) mass is 307 g/mol. The minimum Gasteiger partial charge on any atom is -0.507 e. The first-order valence-electron chi connectivity index (χ1n) is 7.80. The van der Waals surface area contributed by atoms with Crippen molar-refractivity contribution in [3.05, 3.63) is 77.4 Å². The van der Waals surface area contributed by atoms with Gasteiger partial charge >= 0.3 is 0 Å². The Morgan fingerprint density at radius 3 is 2.57 bits per heavy atom. The first kappa shape index (κ1) is 15.5. The van der Waals surface area contributed by atoms with Gasteiger partial charge in [0.25, 0.3) is 0 Å². The Balaban J connectivity index is 1.64. The molecule has 0 bridgehead atoms. The molecular formula is C20H21NO2. The van der Waals surface area contributed by atoms with E-state index in [-0.39, 0.29) is 0 Å². The molecule has 3 heteroatoms. The Bertz CT molecular complexity index is 814. The normalized spacial score (nSPS) is 12.4. The number of aromatic hydroxyl groups is 1. The summed E-state index contributed by atoms with van der Waals surface area (Å²) in [6, 6.07) is 19.8. The van der Waals surface area contributed by atoms with E-state index in [1.54, 1.807) is 0 Å². The third-order valence-corrected chi connectivity index (χ3v) is 4.13. The summed E-state index contributed by atoms with van der Waals surface area (Å²) in [5.74, 6) is 0.320. The van der Waals surface area contributed by atoms with Crippen molar-refractivity contribution in [2.24, 2.45) is 0 Å². The molecule has 0 heterocycles. The second-order valence-electron chi connectivity index (χ2n) is 5.84. The van der Waals surface area contributed by atoms with Crippen LogP contribution in [-0.4, -0.2) is 16.8 Å². The largest absolute Gasteiger partial charge is 0.507 e. The van der Waals surface area contributed by atoms with Crippen molar-refractivity contribution in [2.45, 2.75) is 19.6 Å². The predicted octanol–water partition coefficient (Wildman–Crippen LogP) is 3.68. The van der Waals surface area contributed by atoms with Crippen LogP contribution >= 0.6 is 0 Å². The van der Waals surface area contributed by atoms with Crippen LogP contribution in [0.3, 0.4) is 0 Å². The summed E-state index contributed by atoms with van der Waals surface area (Å²) in [5.41, 5.74) is 2.60. The maximum absolute atomic E-state index is 10.4. The molecule has 0 aliphatic heterocycles. The van der Waals surface area contributed by atoms with Crippen LogP contribution in [0.4, 0.5) is 0 Å². The van der Waals surface area contributed by atoms with Crippen LogP contribution in [0, 0.1) is 6.92 Å². The average molecular weight is 307 g/mol. The molecule has 0 saturated heterocycles. The maximum Gasteiger partial charge on any atom is 0.122 e. The highest BCUT2D eigenvalue weighted by Gasteiger charge is 2.09. The molecule has 0 aliphatic rings. The van der Waals surface area contributed by atoms with E-state index < -0.39 is 6.10 Å². The smallest absolute Gasteiger partial charge is 0.122 e. The number of aliphatic hydroxyl groups excluding tert-OH is 1. The molecule has 23 heavy (non-hydrogen) atoms. The highest BCUT2D eigenvalue weighted by Crippen LogP contribution is 2.22. The number of aryl methyl sites for hydroxylation is 1. The summed E-state index contributed by atoms with van der Waals surface area (Å²) < 4.78 is 0. The molecule has 1 atom stereocenters. The lowest BCUT2D eigenvalue weighted by Gasteiger charge is -2.14. The van der Waals surface area contributed by atoms with Gasteiger partial charge in [0.2, 0.25) is 0 Å². The second kappa shape index (κ2) is 6.82. The lowest BCUT2D eigenvalue weighted by atomic mass is 10.0. The maximum atomic E-state index is 10.4. The van der Waals surface area contributed by atoms with E-state index in [0.29, 0.717) is 18.8 Å². The van der Waals surface area contributed by atoms with Crippen molar-refractivity contribution < 1.29 is 10.2 Å². The number of benzene rings is 3. The molecule has 0 aliphatic carbocycles. The molecule has 3 N–H and O–H groups in total. The van der Waals surface area contributed by atoms with Crippen LogP contribution in [0.2, 0.25) is 0 Å². The number of hydrogen-bond donors (Lipinski definition) is 3. The number of nitrogens with one attached hydrogen (secondary N) is 1. The molecule has 0 saturated carbocycles. The third-order valence-electron chi connectivity index (χ3n) is 4.13. The number of hydrogen-bond acceptors (Lipinski definition) is 3. The number of rotatable bonds is 5. The van der Waals surface area contributed by atoms with Gasteiger partial charge in [-0.05, 0) is 34.9 Å². The van der Waals surface area contributed by atoms with Gasteiger partial charge in [0, 0.05) is 18.7 Å². The van der Waals surface area contributed by atoms with E-state index in [0.717, 1.165) is 22.1 Å². The molecule has 3 rings (SSSR count). The number of phenolic OH excluding ortho intramolecular Hbond substituents is 1. The molecule has 3 nitrogen and oxygen atoms in total. The van der Waals surface area contributed by atoms with Gasteiger partial charge in [-0.15, -0.1) is 0 Å². The average Bonchev–Trinajstić information content (AvgIpc) is 2.58. The molecule has 118 valence electrons. The van der Waals surface area contributed by atoms with Crippen molar-refractivity contribution in [3.8, 4) is 5.75 Å². The van der Waals surface area contributed by atoms with E-state index in [1.807, 2.05) is 61.5 Å². The number of aliphatic hydroxyl groups is 1. The zero-order valence-corrected chi connectivity index (χ0v) is 13.2. The molecule has 0 aromatic heterocycles. The summed E-state index contributed by atoms with van der Waals surface area (Å²) >= 11 is 0. The first-order chi connectivity index (χ1) is 11.1. The predicted molar refractivity (Wildman–Crippen MR) is 93.5 cm³/mol. The zero-order chi connectivity index (χ0) is 16.2. The van der Waals surface area contributed by atoms with Crippen LogP contribution < -0.4 is 5.32 Å². The molecular weight excluding hydrogens is 286 g/mol. The van der Waals surface area contributed by atoms with Crippen LogP contribution in [0.25, 0.3) is 10.8 Å². The van der Waals surface area contributed by atoms with Crippen molar-refractivity contribution in [1.29, 1.82) is 0 Å². The molecule has 0 fully saturated rings. The van der Waals surface area contributed by atoms with E-state index in [1.165, 1.54) is 5.39 Å². The fourth-order valence-electron chi connectivity index (χ4n) is 2.74. The van der Waals surface area contributed by atoms with Crippen molar-refractivity contribution in [3.63, 3.8) is 0 Å². The Morgan fingerprint density at radius 1 is 0.957 bits per heavy atom. The third kappa shape index (κ3) is 3.52. The lowest BCUT2D eigenvalue weighted by molar-refractivity contribution is 0.174. The Hall–Kier alpha value is -2.36. The number of phenols is 1. The fraction of sp³-hybridized carbons (Fsp3) is 0.200. The quantitative estimate of drug-likeness (QED) is 0.674. The minimum absolute atomic E-state index is 0.320. The second-order valence-corrected chi connectivity index (χ2v) is 5.84. The SMILES string of the molecule is Cc1cccc(CNCC(O)c2ccc3ccccc3c2)c1O. The summed E-state index contributed by atoms with van der Waals surface area (Å²) in [4.78, 5) is 0. The summed E-state index contributed by atoms with van der Waals surface area (Å²) in [5, 5.41) is 25.9. The Labute approximate surface area is 136 Å². The molecule has 0 radical (unpaired) electrons. The molecule has 0 amide bonds. The Kier molecular flexibility index (Phi) is 4.60. The first-order valence-corrected chi connectivity index (χ1v) is 7.80. The van der Waals surface area contributed by atoms with Crippen LogP contribution in [0.15, 0.2) is 60.7 Å². The van der Waals surface area contributed by atoms with Gasteiger partial charge in [-0.1, -0.05) is 54.6 Å². The van der Waals surface area contributed by atoms with Crippen LogP contribution in [0.1, 0.15) is 22.8 Å². The summed E-state index contributed by atoms with van der Waals surface area (Å²) in [7, 11) is 0. The molecule has 0 spiro atoms. The molecule has 3 aromatic rings. The molecule has 3 aromatic carbocycles. The van der Waals surface area contributed by atoms with E-state index in [9.17, 15) is 10.2 Å². The zero-order valence-electron chi connectivity index (χ0n) is 13.2. The highest BCUT2D eigenvalue weighted by molar-refractivity contribution is 5.83. The van der Waals surface area contributed by atoms with Crippen LogP contribution in [0.5, 0.6) is 5.75 Å². The standard InChI is InChI=1S/C20H21NO2/c1-14-5-4-8-18(20(14)23)12-21-13-19(22)17-10-9-15-6-2-3-7-16(15)11-17/h2-11,19,21-23H,12-13H2,1H3. The Morgan fingerprint density at radius 2 is 1.74 bits per heavy atom. The fourth-order valence-corrected chi connectivity index (χ4v) is 2.74. The van der Waals surface area contributed by atoms with Gasteiger partial charge in [0.05, 0.1) is 6.10 Å². The van der Waals surface area contributed by atoms with E-state index in [2.05, 4.69) is 11.4 Å². The van der Waals surface area contributed by atoms with Gasteiger partial charge < -0.3 is 15.5 Å². The summed E-state index contributed by atoms with van der Waals surface area (Å²) in [6.45, 7) is 2.84. The van der Waals surface area contributed by atoms with Gasteiger partial charge in [0.15, 0.2) is 0 Å². The number of fused-ring (bicyclic) bond motifs is 1. The van der Waals surface area contributed by atoms with Gasteiger partial charge in [-0.3, -0.25) is 0 Å². The van der Waals surface area contributed by atoms with Crippen molar-refractivity contribution >= 4 is 10.8 Å². The van der Waals surface area contributed by atoms with Gasteiger partial charge in [-0.25, -0.2) is 0 Å². The van der Waals surface area contributed by atoms with Crippen molar-refractivity contribution in [1.82, 2.24) is 5.32 Å². The minimum atomic E-state index is -0.577. The number of para-hydroxylation sites is 1. The van der Waals surface area contributed by atoms with Gasteiger partial charge in [0.1, 0.15) is 5.75 Å². The van der Waals surface area contributed by atoms with Crippen molar-refractivity contribution in [2.75, 3.05) is 6.54 Å².